The van der Waals surface area contributed by atoms with Crippen LogP contribution < -0.4 is 0 Å². The first kappa shape index (κ1) is 14.3. The van der Waals surface area contributed by atoms with Gasteiger partial charge in [-0.05, 0) is 56.2 Å². The summed E-state index contributed by atoms with van der Waals surface area (Å²) in [6.45, 7) is 3.70. The summed E-state index contributed by atoms with van der Waals surface area (Å²) < 4.78 is 11.6. The van der Waals surface area contributed by atoms with Gasteiger partial charge in [-0.25, -0.2) is 0 Å². The summed E-state index contributed by atoms with van der Waals surface area (Å²) in [5.74, 6) is 8.75. The van der Waals surface area contributed by atoms with Gasteiger partial charge in [0.05, 0.1) is 0 Å². The van der Waals surface area contributed by atoms with Crippen LogP contribution in [0.2, 0.25) is 0 Å². The van der Waals surface area contributed by atoms with Crippen LogP contribution in [-0.4, -0.2) is 15.0 Å². The highest BCUT2D eigenvalue weighted by atomic mass is 16.3. The van der Waals surface area contributed by atoms with Crippen molar-refractivity contribution in [3.8, 4) is 34.5 Å². The predicted octanol–water partition coefficient (Wildman–Crippen LogP) is 4.17. The second-order valence-electron chi connectivity index (χ2n) is 5.50. The zero-order valence-electron chi connectivity index (χ0n) is 13.6. The number of benzene rings is 1. The van der Waals surface area contributed by atoms with E-state index in [1.165, 1.54) is 0 Å². The zero-order chi connectivity index (χ0) is 16.7. The summed E-state index contributed by atoms with van der Waals surface area (Å²) in [5.41, 5.74) is 3.35. The van der Waals surface area contributed by atoms with Gasteiger partial charge in [0.1, 0.15) is 28.3 Å². The molecule has 0 radical (unpaired) electrons. The molecule has 0 fully saturated rings. The average molecular weight is 317 g/mol. The van der Waals surface area contributed by atoms with Crippen LogP contribution in [0.4, 0.5) is 0 Å². The molecule has 0 spiro atoms. The van der Waals surface area contributed by atoms with Crippen LogP contribution in [0.5, 0.6) is 0 Å². The molecule has 3 heterocycles. The molecule has 3 aromatic heterocycles. The molecule has 1 aromatic carbocycles. The predicted molar refractivity (Wildman–Crippen MR) is 91.2 cm³/mol. The van der Waals surface area contributed by atoms with Gasteiger partial charge in [0, 0.05) is 18.2 Å². The fourth-order valence-electron chi connectivity index (χ4n) is 2.74. The summed E-state index contributed by atoms with van der Waals surface area (Å²) in [5, 5.41) is 9.01. The molecule has 0 bridgehead atoms. The van der Waals surface area contributed by atoms with Gasteiger partial charge in [0.15, 0.2) is 5.76 Å². The van der Waals surface area contributed by atoms with Crippen molar-refractivity contribution < 1.29 is 8.83 Å². The number of rotatable bonds is 2. The third-order valence-corrected chi connectivity index (χ3v) is 3.77. The number of nitrogens with zero attached hydrogens (tertiary/aromatic N) is 3. The van der Waals surface area contributed by atoms with Crippen LogP contribution in [0.25, 0.3) is 33.7 Å². The van der Waals surface area contributed by atoms with Gasteiger partial charge in [-0.3, -0.25) is 0 Å². The highest BCUT2D eigenvalue weighted by Gasteiger charge is 2.17. The van der Waals surface area contributed by atoms with Gasteiger partial charge >= 0.3 is 0 Å². The molecule has 4 aromatic rings. The maximum Gasteiger partial charge on any atom is 0.177 e. The molecule has 0 N–H and O–H groups in total. The van der Waals surface area contributed by atoms with Crippen LogP contribution in [0, 0.1) is 18.8 Å². The van der Waals surface area contributed by atoms with E-state index in [2.05, 4.69) is 22.0 Å². The van der Waals surface area contributed by atoms with Crippen LogP contribution in [0.1, 0.15) is 18.4 Å². The second-order valence-corrected chi connectivity index (χ2v) is 5.50. The third-order valence-electron chi connectivity index (χ3n) is 3.77. The highest BCUT2D eigenvalue weighted by Crippen LogP contribution is 2.34. The minimum atomic E-state index is 0.635. The van der Waals surface area contributed by atoms with E-state index >= 15 is 0 Å². The van der Waals surface area contributed by atoms with Crippen molar-refractivity contribution in [2.24, 2.45) is 7.05 Å². The Labute approximate surface area is 138 Å². The molecule has 0 aliphatic carbocycles. The minimum absolute atomic E-state index is 0.635. The fourth-order valence-corrected chi connectivity index (χ4v) is 2.74. The summed E-state index contributed by atoms with van der Waals surface area (Å²) in [6, 6.07) is 11.6. The minimum Gasteiger partial charge on any atom is -0.461 e. The Morgan fingerprint density at radius 1 is 0.875 bits per heavy atom. The zero-order valence-corrected chi connectivity index (χ0v) is 13.6. The van der Waals surface area contributed by atoms with E-state index in [0.29, 0.717) is 5.76 Å². The number of aryl methyl sites for hydroxylation is 2. The topological polar surface area (TPSA) is 57.0 Å². The number of fused-ring (bicyclic) bond motifs is 1. The van der Waals surface area contributed by atoms with Gasteiger partial charge in [-0.15, -0.1) is 0 Å². The van der Waals surface area contributed by atoms with Crippen LogP contribution >= 0.6 is 0 Å². The summed E-state index contributed by atoms with van der Waals surface area (Å²) >= 11 is 0. The Balaban J connectivity index is 1.93. The van der Waals surface area contributed by atoms with Crippen molar-refractivity contribution in [2.75, 3.05) is 0 Å². The smallest absolute Gasteiger partial charge is 0.177 e. The Hall–Kier alpha value is -3.26. The van der Waals surface area contributed by atoms with Crippen molar-refractivity contribution >= 4 is 11.0 Å². The third kappa shape index (κ3) is 2.29. The SMILES string of the molecule is CC#Cc1ccc(-c2ccc(-c3ccc(C)o3)c3nn(C)nc23)o1. The summed E-state index contributed by atoms with van der Waals surface area (Å²) in [6.07, 6.45) is 0. The molecule has 0 aliphatic rings. The van der Waals surface area contributed by atoms with Gasteiger partial charge in [0.2, 0.25) is 0 Å². The van der Waals surface area contributed by atoms with E-state index in [0.717, 1.165) is 39.4 Å². The Bertz CT molecular complexity index is 1100. The number of hydrogen-bond donors (Lipinski definition) is 0. The Morgan fingerprint density at radius 2 is 1.50 bits per heavy atom. The molecule has 4 rings (SSSR count). The lowest BCUT2D eigenvalue weighted by Gasteiger charge is -2.02. The standard InChI is InChI=1S/C19H15N3O2/c1-4-5-13-7-11-17(24-13)15-9-8-14(16-10-6-12(2)23-16)18-19(15)21-22(3)20-18/h6-11H,1-3H3. The average Bonchev–Trinajstić information content (AvgIpc) is 3.26. The molecule has 24 heavy (non-hydrogen) atoms. The number of aromatic nitrogens is 3. The van der Waals surface area contributed by atoms with E-state index < -0.39 is 0 Å². The first-order valence-corrected chi connectivity index (χ1v) is 7.59. The molecule has 0 atom stereocenters. The molecule has 0 saturated carbocycles. The van der Waals surface area contributed by atoms with Crippen LogP contribution in [-0.2, 0) is 7.05 Å². The normalized spacial score (nSPS) is 10.8. The van der Waals surface area contributed by atoms with Crippen molar-refractivity contribution in [2.45, 2.75) is 13.8 Å². The van der Waals surface area contributed by atoms with Gasteiger partial charge in [-0.1, -0.05) is 5.92 Å². The first-order chi connectivity index (χ1) is 11.7. The Kier molecular flexibility index (Phi) is 3.24. The quantitative estimate of drug-likeness (QED) is 0.521. The molecule has 0 amide bonds. The molecule has 5 heteroatoms. The summed E-state index contributed by atoms with van der Waals surface area (Å²) in [7, 11) is 1.80. The van der Waals surface area contributed by atoms with E-state index in [9.17, 15) is 0 Å². The fraction of sp³-hybridized carbons (Fsp3) is 0.158. The lowest BCUT2D eigenvalue weighted by molar-refractivity contribution is 0.548. The molecule has 0 aliphatic heterocycles. The van der Waals surface area contributed by atoms with Gasteiger partial charge in [-0.2, -0.15) is 15.0 Å². The van der Waals surface area contributed by atoms with E-state index in [1.807, 2.05) is 43.3 Å². The van der Waals surface area contributed by atoms with Crippen molar-refractivity contribution in [1.29, 1.82) is 0 Å². The number of furan rings is 2. The maximum atomic E-state index is 5.80. The van der Waals surface area contributed by atoms with E-state index in [1.54, 1.807) is 18.8 Å². The van der Waals surface area contributed by atoms with Gasteiger partial charge in [0.25, 0.3) is 0 Å². The monoisotopic (exact) mass is 317 g/mol. The lowest BCUT2D eigenvalue weighted by atomic mass is 10.1. The van der Waals surface area contributed by atoms with Crippen molar-refractivity contribution in [1.82, 2.24) is 15.0 Å². The molecule has 0 saturated heterocycles. The van der Waals surface area contributed by atoms with Gasteiger partial charge < -0.3 is 8.83 Å². The molecule has 5 nitrogen and oxygen atoms in total. The number of hydrogen-bond acceptors (Lipinski definition) is 4. The summed E-state index contributed by atoms with van der Waals surface area (Å²) in [4.78, 5) is 1.56. The molecular formula is C19H15N3O2. The molecule has 118 valence electrons. The first-order valence-electron chi connectivity index (χ1n) is 7.59. The van der Waals surface area contributed by atoms with Crippen LogP contribution in [0.15, 0.2) is 45.2 Å². The van der Waals surface area contributed by atoms with Crippen LogP contribution in [0.3, 0.4) is 0 Å². The highest BCUT2D eigenvalue weighted by molar-refractivity contribution is 5.98. The van der Waals surface area contributed by atoms with Crippen molar-refractivity contribution in [3.63, 3.8) is 0 Å². The molecule has 0 unspecified atom stereocenters. The maximum absolute atomic E-state index is 5.80. The Morgan fingerprint density at radius 3 is 2.08 bits per heavy atom. The second kappa shape index (κ2) is 5.43. The van der Waals surface area contributed by atoms with Crippen molar-refractivity contribution in [3.05, 3.63) is 47.9 Å². The largest absolute Gasteiger partial charge is 0.461 e. The van der Waals surface area contributed by atoms with E-state index in [4.69, 9.17) is 8.83 Å². The molecular weight excluding hydrogens is 302 g/mol. The lowest BCUT2D eigenvalue weighted by Crippen LogP contribution is -1.91. The van der Waals surface area contributed by atoms with E-state index in [-0.39, 0.29) is 0 Å².